The van der Waals surface area contributed by atoms with Crippen LogP contribution in [0.15, 0.2) is 39.4 Å². The summed E-state index contributed by atoms with van der Waals surface area (Å²) in [7, 11) is 0. The molecule has 0 aliphatic heterocycles. The maximum atomic E-state index is 13.0. The molecule has 0 saturated carbocycles. The van der Waals surface area contributed by atoms with Crippen molar-refractivity contribution in [2.24, 2.45) is 0 Å². The van der Waals surface area contributed by atoms with E-state index in [-0.39, 0.29) is 5.82 Å². The smallest absolute Gasteiger partial charge is 0.137 e. The van der Waals surface area contributed by atoms with Gasteiger partial charge in [-0.2, -0.15) is 0 Å². The maximum absolute atomic E-state index is 13.0. The van der Waals surface area contributed by atoms with E-state index in [1.807, 2.05) is 13.0 Å². The first kappa shape index (κ1) is 11.2. The van der Waals surface area contributed by atoms with Crippen molar-refractivity contribution in [2.45, 2.75) is 13.5 Å². The zero-order chi connectivity index (χ0) is 11.5. The van der Waals surface area contributed by atoms with Crippen LogP contribution in [0.2, 0.25) is 0 Å². The van der Waals surface area contributed by atoms with Crippen LogP contribution in [-0.2, 0) is 6.54 Å². The summed E-state index contributed by atoms with van der Waals surface area (Å²) in [6.45, 7) is 2.58. The fourth-order valence-corrected chi connectivity index (χ4v) is 1.75. The SMILES string of the molecule is Cc1ccoc1CNc1ccc(F)c(Br)c1. The number of halogens is 2. The number of aryl methyl sites for hydroxylation is 1. The molecule has 1 N–H and O–H groups in total. The quantitative estimate of drug-likeness (QED) is 0.917. The highest BCUT2D eigenvalue weighted by Gasteiger charge is 2.03. The summed E-state index contributed by atoms with van der Waals surface area (Å²) in [5, 5.41) is 3.17. The van der Waals surface area contributed by atoms with Crippen molar-refractivity contribution < 1.29 is 8.81 Å². The average Bonchev–Trinajstić information content (AvgIpc) is 2.66. The predicted molar refractivity (Wildman–Crippen MR) is 64.9 cm³/mol. The van der Waals surface area contributed by atoms with Crippen LogP contribution in [0.3, 0.4) is 0 Å². The zero-order valence-corrected chi connectivity index (χ0v) is 10.3. The number of anilines is 1. The topological polar surface area (TPSA) is 25.2 Å². The van der Waals surface area contributed by atoms with Crippen molar-refractivity contribution in [3.05, 3.63) is 52.1 Å². The van der Waals surface area contributed by atoms with Gasteiger partial charge in [-0.05, 0) is 52.7 Å². The van der Waals surface area contributed by atoms with Gasteiger partial charge in [0.15, 0.2) is 0 Å². The first-order valence-electron chi connectivity index (χ1n) is 4.88. The second-order valence-electron chi connectivity index (χ2n) is 3.51. The van der Waals surface area contributed by atoms with Gasteiger partial charge in [0.25, 0.3) is 0 Å². The largest absolute Gasteiger partial charge is 0.467 e. The normalized spacial score (nSPS) is 10.4. The average molecular weight is 284 g/mol. The lowest BCUT2D eigenvalue weighted by Gasteiger charge is -2.06. The van der Waals surface area contributed by atoms with Crippen LogP contribution in [0.25, 0.3) is 0 Å². The van der Waals surface area contributed by atoms with Crippen LogP contribution in [0.4, 0.5) is 10.1 Å². The molecule has 0 amide bonds. The molecule has 2 rings (SSSR count). The maximum Gasteiger partial charge on any atom is 0.137 e. The molecule has 84 valence electrons. The van der Waals surface area contributed by atoms with Gasteiger partial charge in [-0.1, -0.05) is 0 Å². The van der Waals surface area contributed by atoms with Gasteiger partial charge in [0.1, 0.15) is 11.6 Å². The van der Waals surface area contributed by atoms with Crippen molar-refractivity contribution >= 4 is 21.6 Å². The highest BCUT2D eigenvalue weighted by molar-refractivity contribution is 9.10. The molecule has 0 atom stereocenters. The highest BCUT2D eigenvalue weighted by atomic mass is 79.9. The minimum atomic E-state index is -0.264. The Kier molecular flexibility index (Phi) is 3.29. The van der Waals surface area contributed by atoms with E-state index in [0.29, 0.717) is 11.0 Å². The molecule has 0 radical (unpaired) electrons. The Morgan fingerprint density at radius 3 is 2.81 bits per heavy atom. The van der Waals surface area contributed by atoms with Crippen molar-refractivity contribution in [2.75, 3.05) is 5.32 Å². The van der Waals surface area contributed by atoms with Gasteiger partial charge in [-0.3, -0.25) is 0 Å². The van der Waals surface area contributed by atoms with Crippen LogP contribution in [-0.4, -0.2) is 0 Å². The molecule has 0 aliphatic rings. The second kappa shape index (κ2) is 4.70. The summed E-state index contributed by atoms with van der Waals surface area (Å²) >= 11 is 3.14. The molecule has 1 heterocycles. The molecule has 0 aliphatic carbocycles. The van der Waals surface area contributed by atoms with Crippen LogP contribution in [0, 0.1) is 12.7 Å². The third-order valence-electron chi connectivity index (χ3n) is 2.34. The highest BCUT2D eigenvalue weighted by Crippen LogP contribution is 2.21. The molecule has 16 heavy (non-hydrogen) atoms. The molecule has 0 bridgehead atoms. The second-order valence-corrected chi connectivity index (χ2v) is 4.36. The Hall–Kier alpha value is -1.29. The number of rotatable bonds is 3. The lowest BCUT2D eigenvalue weighted by molar-refractivity contribution is 0.515. The summed E-state index contributed by atoms with van der Waals surface area (Å²) in [5.74, 6) is 0.625. The molecular formula is C12H11BrFNO. The van der Waals surface area contributed by atoms with E-state index in [2.05, 4.69) is 21.2 Å². The zero-order valence-electron chi connectivity index (χ0n) is 8.76. The molecule has 2 nitrogen and oxygen atoms in total. The summed E-state index contributed by atoms with van der Waals surface area (Å²) in [4.78, 5) is 0. The minimum absolute atomic E-state index is 0.264. The monoisotopic (exact) mass is 283 g/mol. The first-order chi connectivity index (χ1) is 7.66. The van der Waals surface area contributed by atoms with Crippen LogP contribution in [0.1, 0.15) is 11.3 Å². The molecule has 1 aromatic carbocycles. The molecule has 1 aromatic heterocycles. The van der Waals surface area contributed by atoms with E-state index in [0.717, 1.165) is 17.0 Å². The molecule has 0 unspecified atom stereocenters. The third kappa shape index (κ3) is 2.44. The van der Waals surface area contributed by atoms with Gasteiger partial charge >= 0.3 is 0 Å². The van der Waals surface area contributed by atoms with E-state index in [1.165, 1.54) is 6.07 Å². The predicted octanol–water partition coefficient (Wildman–Crippen LogP) is 4.10. The first-order valence-corrected chi connectivity index (χ1v) is 5.68. The van der Waals surface area contributed by atoms with Crippen LogP contribution < -0.4 is 5.32 Å². The van der Waals surface area contributed by atoms with Gasteiger partial charge in [0, 0.05) is 5.69 Å². The standard InChI is InChI=1S/C12H11BrFNO/c1-8-4-5-16-12(8)7-15-9-2-3-11(14)10(13)6-9/h2-6,15H,7H2,1H3. The van der Waals surface area contributed by atoms with Gasteiger partial charge in [0.05, 0.1) is 17.3 Å². The van der Waals surface area contributed by atoms with Crippen molar-refractivity contribution in [1.29, 1.82) is 0 Å². The Labute approximate surface area is 102 Å². The summed E-state index contributed by atoms with van der Waals surface area (Å²) in [6.07, 6.45) is 1.66. The minimum Gasteiger partial charge on any atom is -0.467 e. The number of nitrogens with one attached hydrogen (secondary N) is 1. The van der Waals surface area contributed by atoms with E-state index in [4.69, 9.17) is 4.42 Å². The summed E-state index contributed by atoms with van der Waals surface area (Å²) in [5.41, 5.74) is 1.96. The Morgan fingerprint density at radius 1 is 1.38 bits per heavy atom. The molecular weight excluding hydrogens is 273 g/mol. The third-order valence-corrected chi connectivity index (χ3v) is 2.95. The fourth-order valence-electron chi connectivity index (χ4n) is 1.37. The van der Waals surface area contributed by atoms with Gasteiger partial charge < -0.3 is 9.73 Å². The van der Waals surface area contributed by atoms with Gasteiger partial charge in [-0.15, -0.1) is 0 Å². The lowest BCUT2D eigenvalue weighted by Crippen LogP contribution is -1.99. The Morgan fingerprint density at radius 2 is 2.19 bits per heavy atom. The summed E-state index contributed by atoms with van der Waals surface area (Å²) < 4.78 is 18.7. The van der Waals surface area contributed by atoms with Crippen molar-refractivity contribution in [3.8, 4) is 0 Å². The number of furan rings is 1. The van der Waals surface area contributed by atoms with Crippen molar-refractivity contribution in [3.63, 3.8) is 0 Å². The number of hydrogen-bond donors (Lipinski definition) is 1. The van der Waals surface area contributed by atoms with Crippen molar-refractivity contribution in [1.82, 2.24) is 0 Å². The van der Waals surface area contributed by atoms with Crippen LogP contribution in [0.5, 0.6) is 0 Å². The van der Waals surface area contributed by atoms with E-state index in [9.17, 15) is 4.39 Å². The number of benzene rings is 1. The van der Waals surface area contributed by atoms with Gasteiger partial charge in [-0.25, -0.2) is 4.39 Å². The van der Waals surface area contributed by atoms with E-state index in [1.54, 1.807) is 18.4 Å². The summed E-state index contributed by atoms with van der Waals surface area (Å²) in [6, 6.07) is 6.73. The van der Waals surface area contributed by atoms with E-state index >= 15 is 0 Å². The molecule has 2 aromatic rings. The van der Waals surface area contributed by atoms with E-state index < -0.39 is 0 Å². The fraction of sp³-hybridized carbons (Fsp3) is 0.167. The molecule has 0 fully saturated rings. The number of hydrogen-bond acceptors (Lipinski definition) is 2. The molecule has 4 heteroatoms. The Bertz CT molecular complexity index is 496. The Balaban J connectivity index is 2.05. The lowest BCUT2D eigenvalue weighted by atomic mass is 10.2. The van der Waals surface area contributed by atoms with Crippen LogP contribution >= 0.6 is 15.9 Å². The molecule has 0 saturated heterocycles. The molecule has 0 spiro atoms. The van der Waals surface area contributed by atoms with Gasteiger partial charge in [0.2, 0.25) is 0 Å².